The molecule has 106 valence electrons. The van der Waals surface area contributed by atoms with E-state index < -0.39 is 0 Å². The molecule has 3 aromatic rings. The van der Waals surface area contributed by atoms with Crippen LogP contribution in [-0.4, -0.2) is 10.2 Å². The second-order valence-corrected chi connectivity index (χ2v) is 5.21. The molecule has 0 atom stereocenters. The number of nitrogens with zero attached hydrogens (tertiary/aromatic N) is 2. The molecule has 1 aromatic heterocycles. The van der Waals surface area contributed by atoms with Crippen molar-refractivity contribution in [2.45, 2.75) is 20.8 Å². The third-order valence-corrected chi connectivity index (χ3v) is 3.61. The molecule has 2 aromatic carbocycles. The van der Waals surface area contributed by atoms with Crippen molar-refractivity contribution < 1.29 is 4.74 Å². The number of anilines is 1. The molecule has 0 bridgehead atoms. The smallest absolute Gasteiger partial charge is 0.246 e. The first-order valence-electron chi connectivity index (χ1n) is 6.83. The Morgan fingerprint density at radius 1 is 0.905 bits per heavy atom. The van der Waals surface area contributed by atoms with E-state index in [1.165, 1.54) is 0 Å². The van der Waals surface area contributed by atoms with Crippen LogP contribution in [-0.2, 0) is 0 Å². The van der Waals surface area contributed by atoms with E-state index in [1.54, 1.807) is 0 Å². The number of hydrogen-bond acceptors (Lipinski definition) is 4. The van der Waals surface area contributed by atoms with Gasteiger partial charge in [-0.05, 0) is 50.1 Å². The summed E-state index contributed by atoms with van der Waals surface area (Å²) in [5.41, 5.74) is 9.53. The maximum Gasteiger partial charge on any atom is 0.246 e. The van der Waals surface area contributed by atoms with Crippen LogP contribution in [0.1, 0.15) is 16.8 Å². The van der Waals surface area contributed by atoms with E-state index >= 15 is 0 Å². The third kappa shape index (κ3) is 2.40. The first-order chi connectivity index (χ1) is 10.1. The zero-order valence-corrected chi connectivity index (χ0v) is 12.3. The summed E-state index contributed by atoms with van der Waals surface area (Å²) in [5.74, 6) is 1.27. The average Bonchev–Trinajstić information content (AvgIpc) is 2.48. The lowest BCUT2D eigenvalue weighted by Crippen LogP contribution is -1.98. The van der Waals surface area contributed by atoms with Gasteiger partial charge in [-0.2, -0.15) is 5.10 Å². The highest BCUT2D eigenvalue weighted by molar-refractivity contribution is 5.88. The van der Waals surface area contributed by atoms with Crippen molar-refractivity contribution in [2.75, 3.05) is 5.73 Å². The topological polar surface area (TPSA) is 61.0 Å². The molecular formula is C17H17N3O. The SMILES string of the molecule is Cc1cc(Oc2nnc(C)c3ccccc23)c(C)cc1N. The Hall–Kier alpha value is -2.62. The standard InChI is InChI=1S/C17H17N3O/c1-10-9-16(11(2)8-15(10)18)21-17-14-7-5-4-6-13(14)12(3)19-20-17/h4-9H,18H2,1-3H3. The molecular weight excluding hydrogens is 262 g/mol. The molecule has 3 rings (SSSR count). The highest BCUT2D eigenvalue weighted by Gasteiger charge is 2.10. The van der Waals surface area contributed by atoms with E-state index in [4.69, 9.17) is 10.5 Å². The lowest BCUT2D eigenvalue weighted by molar-refractivity contribution is 0.457. The lowest BCUT2D eigenvalue weighted by atomic mass is 10.1. The molecule has 2 N–H and O–H groups in total. The number of hydrogen-bond donors (Lipinski definition) is 1. The fourth-order valence-corrected chi connectivity index (χ4v) is 2.31. The predicted molar refractivity (Wildman–Crippen MR) is 84.7 cm³/mol. The minimum absolute atomic E-state index is 0.517. The van der Waals surface area contributed by atoms with Crippen LogP contribution < -0.4 is 10.5 Å². The van der Waals surface area contributed by atoms with Crippen molar-refractivity contribution >= 4 is 16.5 Å². The minimum atomic E-state index is 0.517. The fourth-order valence-electron chi connectivity index (χ4n) is 2.31. The van der Waals surface area contributed by atoms with E-state index in [0.29, 0.717) is 5.88 Å². The van der Waals surface area contributed by atoms with Gasteiger partial charge in [-0.15, -0.1) is 5.10 Å². The number of nitrogens with two attached hydrogens (primary N) is 1. The number of ether oxygens (including phenoxy) is 1. The molecule has 4 nitrogen and oxygen atoms in total. The number of fused-ring (bicyclic) bond motifs is 1. The molecule has 0 saturated carbocycles. The van der Waals surface area contributed by atoms with Crippen LogP contribution in [0.25, 0.3) is 10.8 Å². The largest absolute Gasteiger partial charge is 0.437 e. The first-order valence-corrected chi connectivity index (χ1v) is 6.83. The van der Waals surface area contributed by atoms with Gasteiger partial charge in [-0.1, -0.05) is 18.2 Å². The van der Waals surface area contributed by atoms with Crippen molar-refractivity contribution in [3.05, 3.63) is 53.2 Å². The number of rotatable bonds is 2. The van der Waals surface area contributed by atoms with Crippen LogP contribution in [0, 0.1) is 20.8 Å². The molecule has 0 saturated heterocycles. The van der Waals surface area contributed by atoms with Gasteiger partial charge in [0.1, 0.15) is 5.75 Å². The summed E-state index contributed by atoms with van der Waals surface area (Å²) in [5, 5.41) is 10.4. The van der Waals surface area contributed by atoms with Crippen LogP contribution in [0.15, 0.2) is 36.4 Å². The summed E-state index contributed by atoms with van der Waals surface area (Å²) < 4.78 is 5.98. The van der Waals surface area contributed by atoms with Crippen molar-refractivity contribution in [2.24, 2.45) is 0 Å². The number of benzene rings is 2. The zero-order chi connectivity index (χ0) is 15.0. The molecule has 0 radical (unpaired) electrons. The maximum atomic E-state index is 5.98. The molecule has 0 aliphatic carbocycles. The van der Waals surface area contributed by atoms with Gasteiger partial charge in [0.05, 0.1) is 5.69 Å². The Balaban J connectivity index is 2.11. The van der Waals surface area contributed by atoms with Gasteiger partial charge in [0.2, 0.25) is 5.88 Å². The highest BCUT2D eigenvalue weighted by atomic mass is 16.5. The van der Waals surface area contributed by atoms with E-state index in [2.05, 4.69) is 10.2 Å². The van der Waals surface area contributed by atoms with Crippen molar-refractivity contribution in [3.8, 4) is 11.6 Å². The maximum absolute atomic E-state index is 5.98. The Labute approximate surface area is 123 Å². The number of nitrogen functional groups attached to an aromatic ring is 1. The van der Waals surface area contributed by atoms with Crippen LogP contribution in [0.2, 0.25) is 0 Å². The number of aromatic nitrogens is 2. The quantitative estimate of drug-likeness (QED) is 0.722. The minimum Gasteiger partial charge on any atom is -0.437 e. The van der Waals surface area contributed by atoms with Crippen LogP contribution in [0.3, 0.4) is 0 Å². The van der Waals surface area contributed by atoms with Gasteiger partial charge >= 0.3 is 0 Å². The Morgan fingerprint density at radius 3 is 2.38 bits per heavy atom. The zero-order valence-electron chi connectivity index (χ0n) is 12.3. The van der Waals surface area contributed by atoms with E-state index in [-0.39, 0.29) is 0 Å². The summed E-state index contributed by atoms with van der Waals surface area (Å²) in [6.45, 7) is 5.87. The summed E-state index contributed by atoms with van der Waals surface area (Å²) in [4.78, 5) is 0. The van der Waals surface area contributed by atoms with E-state index in [9.17, 15) is 0 Å². The molecule has 21 heavy (non-hydrogen) atoms. The summed E-state index contributed by atoms with van der Waals surface area (Å²) in [7, 11) is 0. The Kier molecular flexibility index (Phi) is 3.22. The van der Waals surface area contributed by atoms with Crippen LogP contribution >= 0.6 is 0 Å². The highest BCUT2D eigenvalue weighted by Crippen LogP contribution is 2.32. The van der Waals surface area contributed by atoms with E-state index in [0.717, 1.165) is 39.0 Å². The molecule has 0 amide bonds. The Morgan fingerprint density at radius 2 is 1.62 bits per heavy atom. The average molecular weight is 279 g/mol. The second kappa shape index (κ2) is 5.05. The lowest BCUT2D eigenvalue weighted by Gasteiger charge is -2.12. The van der Waals surface area contributed by atoms with Crippen molar-refractivity contribution in [3.63, 3.8) is 0 Å². The van der Waals surface area contributed by atoms with Crippen LogP contribution in [0.4, 0.5) is 5.69 Å². The Bertz CT molecular complexity index is 828. The monoisotopic (exact) mass is 279 g/mol. The molecule has 0 fully saturated rings. The molecule has 0 aliphatic heterocycles. The molecule has 4 heteroatoms. The van der Waals surface area contributed by atoms with Gasteiger partial charge in [0, 0.05) is 16.5 Å². The second-order valence-electron chi connectivity index (χ2n) is 5.21. The third-order valence-electron chi connectivity index (χ3n) is 3.61. The molecule has 0 spiro atoms. The summed E-state index contributed by atoms with van der Waals surface area (Å²) in [6.07, 6.45) is 0. The van der Waals surface area contributed by atoms with E-state index in [1.807, 2.05) is 57.2 Å². The first kappa shape index (κ1) is 13.4. The molecule has 0 aliphatic rings. The van der Waals surface area contributed by atoms with Gasteiger partial charge in [-0.25, -0.2) is 0 Å². The molecule has 1 heterocycles. The van der Waals surface area contributed by atoms with Crippen LogP contribution in [0.5, 0.6) is 11.6 Å². The van der Waals surface area contributed by atoms with Crippen molar-refractivity contribution in [1.29, 1.82) is 0 Å². The normalized spacial score (nSPS) is 10.8. The fraction of sp³-hybridized carbons (Fsp3) is 0.176. The van der Waals surface area contributed by atoms with Gasteiger partial charge in [-0.3, -0.25) is 0 Å². The molecule has 0 unspecified atom stereocenters. The van der Waals surface area contributed by atoms with Gasteiger partial charge < -0.3 is 10.5 Å². The van der Waals surface area contributed by atoms with Gasteiger partial charge in [0.25, 0.3) is 0 Å². The number of aryl methyl sites for hydroxylation is 3. The predicted octanol–water partition coefficient (Wildman–Crippen LogP) is 3.93. The van der Waals surface area contributed by atoms with Gasteiger partial charge in [0.15, 0.2) is 0 Å². The van der Waals surface area contributed by atoms with Crippen molar-refractivity contribution in [1.82, 2.24) is 10.2 Å². The summed E-state index contributed by atoms with van der Waals surface area (Å²) in [6, 6.07) is 11.8. The summed E-state index contributed by atoms with van der Waals surface area (Å²) >= 11 is 0.